The first-order valence-electron chi connectivity index (χ1n) is 6.99. The molecule has 2 aromatic carbocycles. The van der Waals surface area contributed by atoms with Crippen LogP contribution in [0.2, 0.25) is 0 Å². The average molecular weight is 433 g/mol. The van der Waals surface area contributed by atoms with E-state index >= 15 is 0 Å². The molecule has 22 heavy (non-hydrogen) atoms. The molecule has 118 valence electrons. The monoisotopic (exact) mass is 433 g/mol. The van der Waals surface area contributed by atoms with Crippen molar-refractivity contribution in [1.29, 1.82) is 0 Å². The van der Waals surface area contributed by atoms with Gasteiger partial charge in [-0.15, -0.1) is 0 Å². The molecular weight excluding hydrogens is 416 g/mol. The molecule has 0 atom stereocenters. The molecule has 0 aliphatic rings. The number of sulfonamides is 1. The van der Waals surface area contributed by atoms with Gasteiger partial charge >= 0.3 is 0 Å². The Morgan fingerprint density at radius 1 is 1.14 bits per heavy atom. The Hall–Kier alpha value is -1.15. The smallest absolute Gasteiger partial charge is 0.261 e. The van der Waals surface area contributed by atoms with Crippen LogP contribution < -0.4 is 4.72 Å². The molecule has 0 aliphatic heterocycles. The zero-order valence-electron chi connectivity index (χ0n) is 12.1. The summed E-state index contributed by atoms with van der Waals surface area (Å²) in [5.41, 5.74) is 1.05. The number of rotatable bonds is 6. The lowest BCUT2D eigenvalue weighted by Crippen LogP contribution is -2.14. The van der Waals surface area contributed by atoms with Gasteiger partial charge in [0.1, 0.15) is 5.82 Å². The fourth-order valence-corrected chi connectivity index (χ4v) is 3.51. The minimum atomic E-state index is -3.78. The summed E-state index contributed by atoms with van der Waals surface area (Å²) in [5.74, 6) is -0.588. The van der Waals surface area contributed by atoms with E-state index in [-0.39, 0.29) is 10.6 Å². The maximum Gasteiger partial charge on any atom is 0.261 e. The number of hydrogen-bond acceptors (Lipinski definition) is 2. The summed E-state index contributed by atoms with van der Waals surface area (Å²) in [6.07, 6.45) is 3.09. The number of aryl methyl sites for hydroxylation is 1. The normalized spacial score (nSPS) is 11.4. The molecule has 0 saturated heterocycles. The third-order valence-electron chi connectivity index (χ3n) is 3.23. The van der Waals surface area contributed by atoms with Gasteiger partial charge in [0, 0.05) is 3.57 Å². The van der Waals surface area contributed by atoms with Crippen molar-refractivity contribution >= 4 is 38.3 Å². The van der Waals surface area contributed by atoms with E-state index in [4.69, 9.17) is 0 Å². The molecule has 0 amide bonds. The van der Waals surface area contributed by atoms with Crippen LogP contribution in [-0.2, 0) is 16.4 Å². The van der Waals surface area contributed by atoms with Crippen molar-refractivity contribution in [3.63, 3.8) is 0 Å². The maximum absolute atomic E-state index is 13.8. The van der Waals surface area contributed by atoms with E-state index in [1.165, 1.54) is 12.1 Å². The van der Waals surface area contributed by atoms with E-state index in [1.807, 2.05) is 22.6 Å². The summed E-state index contributed by atoms with van der Waals surface area (Å²) >= 11 is 1.97. The molecule has 6 heteroatoms. The fourth-order valence-electron chi connectivity index (χ4n) is 1.99. The number of benzene rings is 2. The maximum atomic E-state index is 13.8. The predicted molar refractivity (Wildman–Crippen MR) is 95.0 cm³/mol. The zero-order valence-corrected chi connectivity index (χ0v) is 15.1. The minimum absolute atomic E-state index is 0.0459. The topological polar surface area (TPSA) is 46.2 Å². The molecule has 1 N–H and O–H groups in total. The van der Waals surface area contributed by atoms with Crippen LogP contribution in [0.4, 0.5) is 10.1 Å². The second kappa shape index (κ2) is 7.41. The molecule has 0 aromatic heterocycles. The van der Waals surface area contributed by atoms with Gasteiger partial charge in [-0.3, -0.25) is 4.72 Å². The van der Waals surface area contributed by atoms with Crippen molar-refractivity contribution in [3.8, 4) is 0 Å². The Labute approximate surface area is 144 Å². The van der Waals surface area contributed by atoms with Crippen LogP contribution in [0.15, 0.2) is 47.4 Å². The Morgan fingerprint density at radius 2 is 1.82 bits per heavy atom. The molecule has 0 radical (unpaired) electrons. The van der Waals surface area contributed by atoms with E-state index in [0.717, 1.165) is 24.8 Å². The van der Waals surface area contributed by atoms with Crippen LogP contribution in [0.25, 0.3) is 0 Å². The fraction of sp³-hybridized carbons (Fsp3) is 0.250. The van der Waals surface area contributed by atoms with Gasteiger partial charge in [-0.1, -0.05) is 25.5 Å². The highest BCUT2D eigenvalue weighted by Gasteiger charge is 2.16. The molecule has 0 aliphatic carbocycles. The molecule has 0 saturated carbocycles. The first-order valence-corrected chi connectivity index (χ1v) is 9.55. The van der Waals surface area contributed by atoms with Crippen LogP contribution in [-0.4, -0.2) is 8.42 Å². The number of halogens is 2. The van der Waals surface area contributed by atoms with E-state index in [9.17, 15) is 12.8 Å². The Balaban J connectivity index is 2.19. The second-order valence-electron chi connectivity index (χ2n) is 4.98. The molecule has 3 nitrogen and oxygen atoms in total. The summed E-state index contributed by atoms with van der Waals surface area (Å²) in [6.45, 7) is 2.11. The van der Waals surface area contributed by atoms with Gasteiger partial charge in [-0.25, -0.2) is 12.8 Å². The SMILES string of the molecule is CCCCc1ccc(S(=O)(=O)Nc2ccc(I)cc2F)cc1. The lowest BCUT2D eigenvalue weighted by atomic mass is 10.1. The van der Waals surface area contributed by atoms with E-state index in [1.54, 1.807) is 30.3 Å². The molecule has 0 heterocycles. The highest BCUT2D eigenvalue weighted by Crippen LogP contribution is 2.21. The van der Waals surface area contributed by atoms with Gasteiger partial charge in [0.05, 0.1) is 10.6 Å². The summed E-state index contributed by atoms with van der Waals surface area (Å²) in [4.78, 5) is 0.130. The van der Waals surface area contributed by atoms with Crippen molar-refractivity contribution in [1.82, 2.24) is 0 Å². The standard InChI is InChI=1S/C16H17FINO2S/c1-2-3-4-12-5-8-14(9-6-12)22(20,21)19-16-10-7-13(18)11-15(16)17/h5-11,19H,2-4H2,1H3. The zero-order chi connectivity index (χ0) is 16.2. The Bertz CT molecular complexity index is 745. The highest BCUT2D eigenvalue weighted by atomic mass is 127. The van der Waals surface area contributed by atoms with Crippen molar-refractivity contribution in [3.05, 3.63) is 57.4 Å². The van der Waals surface area contributed by atoms with Crippen LogP contribution in [0.5, 0.6) is 0 Å². The highest BCUT2D eigenvalue weighted by molar-refractivity contribution is 14.1. The van der Waals surface area contributed by atoms with Gasteiger partial charge in [-0.2, -0.15) is 0 Å². The number of unbranched alkanes of at least 4 members (excludes halogenated alkanes) is 1. The summed E-state index contributed by atoms with van der Waals surface area (Å²) in [6, 6.07) is 11.1. The number of nitrogens with one attached hydrogen (secondary N) is 1. The summed E-state index contributed by atoms with van der Waals surface area (Å²) in [7, 11) is -3.78. The van der Waals surface area contributed by atoms with Crippen LogP contribution >= 0.6 is 22.6 Å². The molecule has 2 aromatic rings. The summed E-state index contributed by atoms with van der Waals surface area (Å²) < 4.78 is 41.3. The first-order chi connectivity index (χ1) is 10.4. The van der Waals surface area contributed by atoms with Gasteiger partial charge in [0.25, 0.3) is 10.0 Å². The van der Waals surface area contributed by atoms with Crippen molar-refractivity contribution < 1.29 is 12.8 Å². The molecule has 0 spiro atoms. The lowest BCUT2D eigenvalue weighted by molar-refractivity contribution is 0.598. The van der Waals surface area contributed by atoms with Crippen molar-refractivity contribution in [2.24, 2.45) is 0 Å². The molecule has 0 fully saturated rings. The van der Waals surface area contributed by atoms with Gasteiger partial charge in [0.15, 0.2) is 0 Å². The molecule has 0 unspecified atom stereocenters. The first kappa shape index (κ1) is 17.2. The lowest BCUT2D eigenvalue weighted by Gasteiger charge is -2.10. The van der Waals surface area contributed by atoms with Gasteiger partial charge < -0.3 is 0 Å². The summed E-state index contributed by atoms with van der Waals surface area (Å²) in [5, 5.41) is 0. The van der Waals surface area contributed by atoms with Crippen molar-refractivity contribution in [2.45, 2.75) is 31.1 Å². The molecule has 0 bridgehead atoms. The third-order valence-corrected chi connectivity index (χ3v) is 5.28. The molecular formula is C16H17FINO2S. The quantitative estimate of drug-likeness (QED) is 0.679. The van der Waals surface area contributed by atoms with Crippen LogP contribution in [0.1, 0.15) is 25.3 Å². The van der Waals surface area contributed by atoms with Crippen molar-refractivity contribution in [2.75, 3.05) is 4.72 Å². The third kappa shape index (κ3) is 4.42. The Morgan fingerprint density at radius 3 is 2.41 bits per heavy atom. The van der Waals surface area contributed by atoms with Crippen LogP contribution in [0, 0.1) is 9.39 Å². The largest absolute Gasteiger partial charge is 0.277 e. The van der Waals surface area contributed by atoms with Crippen LogP contribution in [0.3, 0.4) is 0 Å². The molecule has 2 rings (SSSR count). The average Bonchev–Trinajstić information content (AvgIpc) is 2.48. The second-order valence-corrected chi connectivity index (χ2v) is 7.91. The number of hydrogen-bond donors (Lipinski definition) is 1. The number of anilines is 1. The van der Waals surface area contributed by atoms with E-state index < -0.39 is 15.8 Å². The van der Waals surface area contributed by atoms with E-state index in [2.05, 4.69) is 11.6 Å². The van der Waals surface area contributed by atoms with Gasteiger partial charge in [0.2, 0.25) is 0 Å². The predicted octanol–water partition coefficient (Wildman–Crippen LogP) is 4.57. The van der Waals surface area contributed by atoms with E-state index in [0.29, 0.717) is 3.57 Å². The minimum Gasteiger partial charge on any atom is -0.277 e. The van der Waals surface area contributed by atoms with Gasteiger partial charge in [-0.05, 0) is 71.3 Å². The Kier molecular flexibility index (Phi) is 5.80.